The lowest BCUT2D eigenvalue weighted by molar-refractivity contribution is -0.386. The maximum Gasteiger partial charge on any atom is 0.277 e. The van der Waals surface area contributed by atoms with E-state index in [-0.39, 0.29) is 23.4 Å². The highest BCUT2D eigenvalue weighted by Crippen LogP contribution is 2.38. The van der Waals surface area contributed by atoms with Crippen molar-refractivity contribution in [3.63, 3.8) is 0 Å². The predicted molar refractivity (Wildman–Crippen MR) is 74.0 cm³/mol. The summed E-state index contributed by atoms with van der Waals surface area (Å²) in [5.74, 6) is -1.21. The Morgan fingerprint density at radius 2 is 2.14 bits per heavy atom. The molecule has 0 aliphatic carbocycles. The first-order chi connectivity index (χ1) is 10.4. The highest BCUT2D eigenvalue weighted by molar-refractivity contribution is 6.00. The minimum absolute atomic E-state index is 0.0518. The van der Waals surface area contributed by atoms with Gasteiger partial charge in [-0.25, -0.2) is 0 Å². The van der Waals surface area contributed by atoms with E-state index in [0.717, 1.165) is 0 Å². The number of ether oxygens (including phenoxy) is 2. The Bertz CT molecular complexity index is 626. The quantitative estimate of drug-likeness (QED) is 0.662. The van der Waals surface area contributed by atoms with Crippen molar-refractivity contribution < 1.29 is 24.3 Å². The number of nitro groups is 1. The summed E-state index contributed by atoms with van der Waals surface area (Å²) in [6.45, 7) is 2.92. The zero-order valence-corrected chi connectivity index (χ0v) is 12.0. The summed E-state index contributed by atoms with van der Waals surface area (Å²) in [5.41, 5.74) is -0.0311. The van der Waals surface area contributed by atoms with E-state index in [1.54, 1.807) is 6.92 Å². The van der Waals surface area contributed by atoms with Crippen LogP contribution in [0.3, 0.4) is 0 Å². The highest BCUT2D eigenvalue weighted by Gasteiger charge is 2.42. The van der Waals surface area contributed by atoms with Gasteiger partial charge >= 0.3 is 0 Å². The van der Waals surface area contributed by atoms with Crippen molar-refractivity contribution in [1.82, 2.24) is 4.90 Å². The fourth-order valence-electron chi connectivity index (χ4n) is 2.84. The van der Waals surface area contributed by atoms with E-state index >= 15 is 0 Å². The van der Waals surface area contributed by atoms with Crippen molar-refractivity contribution in [2.75, 3.05) is 19.8 Å². The number of fused-ring (bicyclic) bond motifs is 1. The molecule has 1 N–H and O–H groups in total. The summed E-state index contributed by atoms with van der Waals surface area (Å²) in [5, 5.41) is 21.4. The molecular weight excluding hydrogens is 292 g/mol. The Balaban J connectivity index is 1.82. The molecule has 8 nitrogen and oxygen atoms in total. The first kappa shape index (κ1) is 14.9. The molecule has 1 atom stereocenters. The molecule has 1 aromatic rings. The van der Waals surface area contributed by atoms with Crippen LogP contribution in [-0.4, -0.2) is 46.4 Å². The third kappa shape index (κ3) is 2.35. The molecule has 0 spiro atoms. The van der Waals surface area contributed by atoms with Crippen LogP contribution in [0.1, 0.15) is 35.5 Å². The largest absolute Gasteiger partial charge is 0.369 e. The number of aliphatic hydroxyl groups excluding tert-OH is 1. The summed E-state index contributed by atoms with van der Waals surface area (Å²) < 4.78 is 10.9. The third-order valence-corrected chi connectivity index (χ3v) is 4.03. The fraction of sp³-hybridized carbons (Fsp3) is 0.500. The van der Waals surface area contributed by atoms with Crippen molar-refractivity contribution in [2.45, 2.75) is 25.4 Å². The molecule has 0 bridgehead atoms. The normalized spacial score (nSPS) is 22.9. The predicted octanol–water partition coefficient (Wildman–Crippen LogP) is 1.19. The van der Waals surface area contributed by atoms with Gasteiger partial charge in [-0.15, -0.1) is 0 Å². The standard InChI is InChI=1S/C14H16N2O6/c1-14(21-7-8-22-14)5-6-15-12(17)9-3-2-4-10(16(19)20)11(9)13(15)18/h2-4,13,18H,5-8H2,1H3/t13-/m0/s1. The fourth-order valence-corrected chi connectivity index (χ4v) is 2.84. The second-order valence-corrected chi connectivity index (χ2v) is 5.45. The number of nitro benzene ring substituents is 1. The summed E-state index contributed by atoms with van der Waals surface area (Å²) in [7, 11) is 0. The lowest BCUT2D eigenvalue weighted by Gasteiger charge is -2.27. The molecule has 118 valence electrons. The Hall–Kier alpha value is -2.03. The molecule has 0 aromatic heterocycles. The minimum atomic E-state index is -1.32. The van der Waals surface area contributed by atoms with E-state index in [1.165, 1.54) is 23.1 Å². The van der Waals surface area contributed by atoms with Gasteiger partial charge in [0.2, 0.25) is 0 Å². The Morgan fingerprint density at radius 3 is 2.77 bits per heavy atom. The number of aliphatic hydroxyl groups is 1. The van der Waals surface area contributed by atoms with Crippen LogP contribution in [0.2, 0.25) is 0 Å². The SMILES string of the molecule is CC1(CCN2C(=O)c3cccc([N+](=O)[O-])c3[C@@H]2O)OCCO1. The van der Waals surface area contributed by atoms with E-state index in [9.17, 15) is 20.0 Å². The van der Waals surface area contributed by atoms with Gasteiger partial charge in [0.25, 0.3) is 11.6 Å². The molecule has 3 rings (SSSR count). The maximum absolute atomic E-state index is 12.4. The van der Waals surface area contributed by atoms with Crippen LogP contribution in [0.5, 0.6) is 0 Å². The third-order valence-electron chi connectivity index (χ3n) is 4.03. The number of benzene rings is 1. The summed E-state index contributed by atoms with van der Waals surface area (Å²) >= 11 is 0. The zero-order chi connectivity index (χ0) is 15.9. The average molecular weight is 308 g/mol. The first-order valence-corrected chi connectivity index (χ1v) is 6.97. The van der Waals surface area contributed by atoms with E-state index in [1.807, 2.05) is 0 Å². The van der Waals surface area contributed by atoms with E-state index in [4.69, 9.17) is 9.47 Å². The molecule has 2 aliphatic heterocycles. The minimum Gasteiger partial charge on any atom is -0.369 e. The number of carbonyl (C=O) groups excluding carboxylic acids is 1. The lowest BCUT2D eigenvalue weighted by Crippen LogP contribution is -2.35. The van der Waals surface area contributed by atoms with Gasteiger partial charge in [0, 0.05) is 19.0 Å². The summed E-state index contributed by atoms with van der Waals surface area (Å²) in [6, 6.07) is 4.21. The second kappa shape index (κ2) is 5.31. The number of hydrogen-bond acceptors (Lipinski definition) is 6. The van der Waals surface area contributed by atoms with E-state index in [0.29, 0.717) is 19.6 Å². The Kier molecular flexibility index (Phi) is 3.59. The number of carbonyl (C=O) groups is 1. The second-order valence-electron chi connectivity index (χ2n) is 5.45. The van der Waals surface area contributed by atoms with E-state index in [2.05, 4.69) is 0 Å². The molecule has 0 unspecified atom stereocenters. The first-order valence-electron chi connectivity index (χ1n) is 6.97. The van der Waals surface area contributed by atoms with Crippen molar-refractivity contribution in [2.24, 2.45) is 0 Å². The number of rotatable bonds is 4. The molecule has 1 saturated heterocycles. The van der Waals surface area contributed by atoms with E-state index < -0.39 is 22.8 Å². The Morgan fingerprint density at radius 1 is 1.45 bits per heavy atom. The summed E-state index contributed by atoms with van der Waals surface area (Å²) in [6.07, 6.45) is -0.952. The maximum atomic E-state index is 12.4. The van der Waals surface area contributed by atoms with Crippen molar-refractivity contribution in [3.05, 3.63) is 39.4 Å². The van der Waals surface area contributed by atoms with Gasteiger partial charge in [0.15, 0.2) is 12.0 Å². The number of nitrogens with zero attached hydrogens (tertiary/aromatic N) is 2. The monoisotopic (exact) mass is 308 g/mol. The number of hydrogen-bond donors (Lipinski definition) is 1. The average Bonchev–Trinajstić information content (AvgIpc) is 3.01. The van der Waals surface area contributed by atoms with Crippen LogP contribution >= 0.6 is 0 Å². The van der Waals surface area contributed by atoms with Crippen LogP contribution in [0.15, 0.2) is 18.2 Å². The molecule has 8 heteroatoms. The molecule has 2 aliphatic rings. The number of amides is 1. The van der Waals surface area contributed by atoms with Crippen molar-refractivity contribution >= 4 is 11.6 Å². The van der Waals surface area contributed by atoms with Gasteiger partial charge in [-0.05, 0) is 13.0 Å². The zero-order valence-electron chi connectivity index (χ0n) is 12.0. The molecule has 2 heterocycles. The van der Waals surface area contributed by atoms with Crippen molar-refractivity contribution in [3.8, 4) is 0 Å². The van der Waals surface area contributed by atoms with Gasteiger partial charge in [-0.3, -0.25) is 14.9 Å². The lowest BCUT2D eigenvalue weighted by atomic mass is 10.1. The van der Waals surface area contributed by atoms with Crippen LogP contribution in [0.4, 0.5) is 5.69 Å². The topological polar surface area (TPSA) is 102 Å². The van der Waals surface area contributed by atoms with Gasteiger partial charge < -0.3 is 19.5 Å². The van der Waals surface area contributed by atoms with Crippen molar-refractivity contribution in [1.29, 1.82) is 0 Å². The van der Waals surface area contributed by atoms with Crippen LogP contribution in [0.25, 0.3) is 0 Å². The van der Waals surface area contributed by atoms with Gasteiger partial charge in [-0.2, -0.15) is 0 Å². The van der Waals surface area contributed by atoms with Gasteiger partial charge in [0.05, 0.1) is 29.3 Å². The molecule has 1 aromatic carbocycles. The van der Waals surface area contributed by atoms with Crippen LogP contribution < -0.4 is 0 Å². The molecule has 22 heavy (non-hydrogen) atoms. The van der Waals surface area contributed by atoms with Gasteiger partial charge in [0.1, 0.15) is 0 Å². The molecule has 1 amide bonds. The summed E-state index contributed by atoms with van der Waals surface area (Å²) in [4.78, 5) is 24.0. The van der Waals surface area contributed by atoms with Gasteiger partial charge in [-0.1, -0.05) is 6.07 Å². The molecular formula is C14H16N2O6. The molecule has 0 radical (unpaired) electrons. The smallest absolute Gasteiger partial charge is 0.277 e. The Labute approximate surface area is 126 Å². The molecule has 1 fully saturated rings. The molecule has 0 saturated carbocycles. The highest BCUT2D eigenvalue weighted by atomic mass is 16.7. The van der Waals surface area contributed by atoms with Crippen LogP contribution in [-0.2, 0) is 9.47 Å². The van der Waals surface area contributed by atoms with Crippen LogP contribution in [0, 0.1) is 10.1 Å².